The summed E-state index contributed by atoms with van der Waals surface area (Å²) < 4.78 is 12.7. The number of carbonyl (C=O) groups is 1. The van der Waals surface area contributed by atoms with Crippen molar-refractivity contribution in [2.45, 2.75) is 37.4 Å². The van der Waals surface area contributed by atoms with Gasteiger partial charge in [-0.05, 0) is 37.1 Å². The summed E-state index contributed by atoms with van der Waals surface area (Å²) in [5, 5.41) is 0.760. The van der Waals surface area contributed by atoms with E-state index >= 15 is 0 Å². The molecule has 92 valence electrons. The lowest BCUT2D eigenvalue weighted by Gasteiger charge is -2.07. The Bertz CT molecular complexity index is 368. The molecule has 0 amide bonds. The van der Waals surface area contributed by atoms with Crippen LogP contribution in [0.1, 0.15) is 42.5 Å². The van der Waals surface area contributed by atoms with E-state index in [0.29, 0.717) is 12.0 Å². The molecule has 1 saturated carbocycles. The van der Waals surface area contributed by atoms with Crippen LogP contribution in [0.5, 0.6) is 0 Å². The minimum atomic E-state index is -0.290. The second kappa shape index (κ2) is 6.20. The Hall–Kier alpha value is -0.830. The molecule has 1 nitrogen and oxygen atoms in total. The summed E-state index contributed by atoms with van der Waals surface area (Å²) in [6.45, 7) is 0. The first-order valence-corrected chi connectivity index (χ1v) is 7.21. The molecule has 0 radical (unpaired) electrons. The topological polar surface area (TPSA) is 17.1 Å². The second-order valence-electron chi connectivity index (χ2n) is 4.46. The number of hydrogen-bond acceptors (Lipinski definition) is 2. The third-order valence-corrected chi connectivity index (χ3v) is 4.53. The van der Waals surface area contributed by atoms with Crippen molar-refractivity contribution < 1.29 is 9.18 Å². The van der Waals surface area contributed by atoms with Crippen molar-refractivity contribution in [3.05, 3.63) is 35.6 Å². The maximum absolute atomic E-state index is 12.7. The third kappa shape index (κ3) is 3.84. The molecule has 0 aliphatic heterocycles. The minimum absolute atomic E-state index is 0.121. The van der Waals surface area contributed by atoms with Gasteiger partial charge in [0.1, 0.15) is 5.82 Å². The van der Waals surface area contributed by atoms with Crippen LogP contribution < -0.4 is 0 Å². The van der Waals surface area contributed by atoms with Crippen molar-refractivity contribution in [3.8, 4) is 0 Å². The molecule has 1 aromatic carbocycles. The van der Waals surface area contributed by atoms with E-state index in [-0.39, 0.29) is 11.6 Å². The van der Waals surface area contributed by atoms with Gasteiger partial charge in [-0.15, -0.1) is 0 Å². The maximum Gasteiger partial charge on any atom is 0.163 e. The van der Waals surface area contributed by atoms with Crippen LogP contribution in [0.25, 0.3) is 0 Å². The Morgan fingerprint density at radius 3 is 2.53 bits per heavy atom. The van der Waals surface area contributed by atoms with Crippen LogP contribution in [0.3, 0.4) is 0 Å². The van der Waals surface area contributed by atoms with Gasteiger partial charge in [-0.3, -0.25) is 4.79 Å². The highest BCUT2D eigenvalue weighted by Gasteiger charge is 2.15. The molecule has 1 aliphatic rings. The number of Topliss-reactive ketones (excluding diaryl/α,β-unsaturated/α-hetero) is 1. The molecule has 3 heteroatoms. The largest absolute Gasteiger partial charge is 0.294 e. The zero-order chi connectivity index (χ0) is 12.1. The van der Waals surface area contributed by atoms with E-state index in [4.69, 9.17) is 0 Å². The number of carbonyl (C=O) groups excluding carboxylic acids is 1. The van der Waals surface area contributed by atoms with Gasteiger partial charge >= 0.3 is 0 Å². The lowest BCUT2D eigenvalue weighted by Crippen LogP contribution is -2.03. The van der Waals surface area contributed by atoms with Crippen molar-refractivity contribution in [1.82, 2.24) is 0 Å². The highest BCUT2D eigenvalue weighted by molar-refractivity contribution is 7.99. The Kier molecular flexibility index (Phi) is 4.60. The first-order valence-electron chi connectivity index (χ1n) is 6.16. The highest BCUT2D eigenvalue weighted by atomic mass is 32.2. The summed E-state index contributed by atoms with van der Waals surface area (Å²) in [6, 6.07) is 5.82. The summed E-state index contributed by atoms with van der Waals surface area (Å²) >= 11 is 1.92. The summed E-state index contributed by atoms with van der Waals surface area (Å²) in [5.74, 6) is 0.721. The number of benzene rings is 1. The van der Waals surface area contributed by atoms with Crippen molar-refractivity contribution in [2.75, 3.05) is 5.75 Å². The molecule has 17 heavy (non-hydrogen) atoms. The van der Waals surface area contributed by atoms with Crippen molar-refractivity contribution >= 4 is 17.5 Å². The lowest BCUT2D eigenvalue weighted by molar-refractivity contribution is 0.0989. The summed E-state index contributed by atoms with van der Waals surface area (Å²) in [6.07, 6.45) is 5.84. The van der Waals surface area contributed by atoms with Crippen LogP contribution in [-0.4, -0.2) is 16.8 Å². The average molecular weight is 252 g/mol. The number of halogens is 1. The molecule has 0 atom stereocenters. The quantitative estimate of drug-likeness (QED) is 0.735. The standard InChI is InChI=1S/C14H17FOS/c15-12-7-5-11(6-8-12)14(16)9-10-17-13-3-1-2-4-13/h5-8,13H,1-4,9-10H2. The van der Waals surface area contributed by atoms with Gasteiger partial charge in [0.2, 0.25) is 0 Å². The first kappa shape index (κ1) is 12.6. The first-order chi connectivity index (χ1) is 8.25. The van der Waals surface area contributed by atoms with Gasteiger partial charge in [0.05, 0.1) is 0 Å². The number of hydrogen-bond donors (Lipinski definition) is 0. The fourth-order valence-electron chi connectivity index (χ4n) is 2.15. The fraction of sp³-hybridized carbons (Fsp3) is 0.500. The Morgan fingerprint density at radius 1 is 1.24 bits per heavy atom. The van der Waals surface area contributed by atoms with Crippen LogP contribution in [0.15, 0.2) is 24.3 Å². The zero-order valence-corrected chi connectivity index (χ0v) is 10.6. The molecule has 0 unspecified atom stereocenters. The second-order valence-corrected chi connectivity index (χ2v) is 5.87. The number of rotatable bonds is 5. The molecular formula is C14H17FOS. The van der Waals surface area contributed by atoms with Gasteiger partial charge in [-0.1, -0.05) is 12.8 Å². The molecule has 1 aliphatic carbocycles. The Balaban J connectivity index is 1.75. The summed E-state index contributed by atoms with van der Waals surface area (Å²) in [4.78, 5) is 11.8. The fourth-order valence-corrected chi connectivity index (χ4v) is 3.46. The maximum atomic E-state index is 12.7. The molecule has 0 bridgehead atoms. The van der Waals surface area contributed by atoms with E-state index in [0.717, 1.165) is 11.0 Å². The molecule has 0 saturated heterocycles. The van der Waals surface area contributed by atoms with Crippen LogP contribution in [0.4, 0.5) is 4.39 Å². The molecule has 0 heterocycles. The highest BCUT2D eigenvalue weighted by Crippen LogP contribution is 2.29. The number of ketones is 1. The predicted octanol–water partition coefficient (Wildman–Crippen LogP) is 4.07. The molecule has 1 aromatic rings. The van der Waals surface area contributed by atoms with Crippen LogP contribution in [-0.2, 0) is 0 Å². The summed E-state index contributed by atoms with van der Waals surface area (Å²) in [5.41, 5.74) is 0.624. The van der Waals surface area contributed by atoms with Crippen LogP contribution >= 0.6 is 11.8 Å². The minimum Gasteiger partial charge on any atom is -0.294 e. The van der Waals surface area contributed by atoms with Gasteiger partial charge in [-0.2, -0.15) is 11.8 Å². The SMILES string of the molecule is O=C(CCSC1CCCC1)c1ccc(F)cc1. The predicted molar refractivity (Wildman–Crippen MR) is 70.1 cm³/mol. The van der Waals surface area contributed by atoms with Gasteiger partial charge in [0.15, 0.2) is 5.78 Å². The van der Waals surface area contributed by atoms with Crippen molar-refractivity contribution in [1.29, 1.82) is 0 Å². The van der Waals surface area contributed by atoms with E-state index in [1.54, 1.807) is 12.1 Å². The molecule has 0 N–H and O–H groups in total. The van der Waals surface area contributed by atoms with Crippen molar-refractivity contribution in [3.63, 3.8) is 0 Å². The monoisotopic (exact) mass is 252 g/mol. The van der Waals surface area contributed by atoms with E-state index in [9.17, 15) is 9.18 Å². The smallest absolute Gasteiger partial charge is 0.163 e. The van der Waals surface area contributed by atoms with E-state index in [1.807, 2.05) is 11.8 Å². The van der Waals surface area contributed by atoms with E-state index < -0.39 is 0 Å². The summed E-state index contributed by atoms with van der Waals surface area (Å²) in [7, 11) is 0. The lowest BCUT2D eigenvalue weighted by atomic mass is 10.1. The molecule has 0 aromatic heterocycles. The molecule has 1 fully saturated rings. The van der Waals surface area contributed by atoms with Gasteiger partial charge < -0.3 is 0 Å². The van der Waals surface area contributed by atoms with E-state index in [1.165, 1.54) is 37.8 Å². The Labute approximate surface area is 106 Å². The van der Waals surface area contributed by atoms with Crippen LogP contribution in [0, 0.1) is 5.82 Å². The van der Waals surface area contributed by atoms with Gasteiger partial charge in [-0.25, -0.2) is 4.39 Å². The van der Waals surface area contributed by atoms with Crippen LogP contribution in [0.2, 0.25) is 0 Å². The number of thioether (sulfide) groups is 1. The Morgan fingerprint density at radius 2 is 1.88 bits per heavy atom. The molecule has 0 spiro atoms. The normalized spacial score (nSPS) is 16.3. The molecule has 2 rings (SSSR count). The zero-order valence-electron chi connectivity index (χ0n) is 9.82. The van der Waals surface area contributed by atoms with Gasteiger partial charge in [0.25, 0.3) is 0 Å². The van der Waals surface area contributed by atoms with Gasteiger partial charge in [0, 0.05) is 23.0 Å². The third-order valence-electron chi connectivity index (χ3n) is 3.15. The average Bonchev–Trinajstić information content (AvgIpc) is 2.83. The van der Waals surface area contributed by atoms with E-state index in [2.05, 4.69) is 0 Å². The van der Waals surface area contributed by atoms with Crippen molar-refractivity contribution in [2.24, 2.45) is 0 Å². The molecular weight excluding hydrogens is 235 g/mol.